The maximum atomic E-state index is 12.6. The van der Waals surface area contributed by atoms with Crippen molar-refractivity contribution in [3.8, 4) is 5.75 Å². The minimum Gasteiger partial charge on any atom is -0.495 e. The van der Waals surface area contributed by atoms with Crippen LogP contribution in [0.3, 0.4) is 0 Å². The molecule has 20 heavy (non-hydrogen) atoms. The Morgan fingerprint density at radius 1 is 1.35 bits per heavy atom. The summed E-state index contributed by atoms with van der Waals surface area (Å²) in [5.41, 5.74) is -0.461. The van der Waals surface area contributed by atoms with E-state index in [4.69, 9.17) is 16.3 Å². The minimum atomic E-state index is -0.961. The molecule has 0 aromatic heterocycles. The quantitative estimate of drug-likeness (QED) is 0.908. The van der Waals surface area contributed by atoms with Gasteiger partial charge in [-0.15, -0.1) is 0 Å². The first-order chi connectivity index (χ1) is 9.27. The summed E-state index contributed by atoms with van der Waals surface area (Å²) < 4.78 is 5.27. The normalized spacial score (nSPS) is 21.6. The second-order valence-electron chi connectivity index (χ2n) is 5.28. The van der Waals surface area contributed by atoms with Crippen LogP contribution in [0.4, 0.5) is 5.69 Å². The Kier molecular flexibility index (Phi) is 3.65. The highest BCUT2D eigenvalue weighted by molar-refractivity contribution is 6.31. The molecule has 1 heterocycles. The van der Waals surface area contributed by atoms with E-state index >= 15 is 0 Å². The summed E-state index contributed by atoms with van der Waals surface area (Å²) >= 11 is 6.00. The fraction of sp³-hybridized carbons (Fsp3) is 0.429. The van der Waals surface area contributed by atoms with Gasteiger partial charge in [0.05, 0.1) is 12.8 Å². The smallest absolute Gasteiger partial charge is 0.253 e. The third kappa shape index (κ3) is 2.33. The summed E-state index contributed by atoms with van der Waals surface area (Å²) in [6.45, 7) is 5.01. The van der Waals surface area contributed by atoms with Crippen molar-refractivity contribution in [1.82, 2.24) is 5.32 Å². The van der Waals surface area contributed by atoms with Gasteiger partial charge < -0.3 is 10.1 Å². The Labute approximate surface area is 122 Å². The van der Waals surface area contributed by atoms with Crippen molar-refractivity contribution in [3.63, 3.8) is 0 Å². The Balaban J connectivity index is 2.56. The van der Waals surface area contributed by atoms with Crippen molar-refractivity contribution in [2.45, 2.75) is 32.4 Å². The average molecular weight is 297 g/mol. The second kappa shape index (κ2) is 4.98. The highest BCUT2D eigenvalue weighted by Gasteiger charge is 2.44. The Hall–Kier alpha value is -1.75. The number of ether oxygens (including phenoxy) is 1. The van der Waals surface area contributed by atoms with Crippen LogP contribution in [0, 0.1) is 0 Å². The summed E-state index contributed by atoms with van der Waals surface area (Å²) in [5.74, 6) is 0.0851. The molecule has 0 aliphatic carbocycles. The number of rotatable bonds is 2. The molecule has 1 fully saturated rings. The summed E-state index contributed by atoms with van der Waals surface area (Å²) in [6.07, 6.45) is 0. The second-order valence-corrected chi connectivity index (χ2v) is 5.72. The van der Waals surface area contributed by atoms with Gasteiger partial charge in [-0.1, -0.05) is 11.6 Å². The lowest BCUT2D eigenvalue weighted by Gasteiger charge is -2.41. The number of hydrogen-bond donors (Lipinski definition) is 1. The number of hydrogen-bond acceptors (Lipinski definition) is 3. The van der Waals surface area contributed by atoms with Gasteiger partial charge in [0.1, 0.15) is 17.3 Å². The van der Waals surface area contributed by atoms with E-state index in [1.807, 2.05) is 0 Å². The molecule has 1 saturated heterocycles. The highest BCUT2D eigenvalue weighted by atomic mass is 35.5. The SMILES string of the molecule is COc1ccc(Cl)cc1N1C(=O)C(C)(C)NC(=O)C1C. The number of benzene rings is 1. The van der Waals surface area contributed by atoms with Crippen LogP contribution in [0.25, 0.3) is 0 Å². The lowest BCUT2D eigenvalue weighted by molar-refractivity contribution is -0.136. The first kappa shape index (κ1) is 14.7. The van der Waals surface area contributed by atoms with Gasteiger partial charge in [-0.25, -0.2) is 0 Å². The van der Waals surface area contributed by atoms with E-state index in [0.717, 1.165) is 0 Å². The molecule has 0 bridgehead atoms. The van der Waals surface area contributed by atoms with E-state index in [1.54, 1.807) is 39.0 Å². The van der Waals surface area contributed by atoms with Crippen LogP contribution in [0.2, 0.25) is 5.02 Å². The molecular formula is C14H17ClN2O3. The van der Waals surface area contributed by atoms with Gasteiger partial charge in [0.25, 0.3) is 5.91 Å². The predicted molar refractivity (Wildman–Crippen MR) is 77.2 cm³/mol. The molecule has 0 radical (unpaired) electrons. The van der Waals surface area contributed by atoms with E-state index in [-0.39, 0.29) is 11.8 Å². The summed E-state index contributed by atoms with van der Waals surface area (Å²) in [5, 5.41) is 3.18. The first-order valence-corrected chi connectivity index (χ1v) is 6.65. The molecule has 2 rings (SSSR count). The fourth-order valence-electron chi connectivity index (χ4n) is 2.23. The van der Waals surface area contributed by atoms with E-state index in [1.165, 1.54) is 12.0 Å². The summed E-state index contributed by atoms with van der Waals surface area (Å²) in [7, 11) is 1.51. The number of halogens is 1. The van der Waals surface area contributed by atoms with E-state index in [0.29, 0.717) is 16.5 Å². The van der Waals surface area contributed by atoms with Gasteiger partial charge in [-0.3, -0.25) is 14.5 Å². The summed E-state index contributed by atoms with van der Waals surface area (Å²) in [4.78, 5) is 26.1. The molecule has 1 aliphatic rings. The number of piperazine rings is 1. The Morgan fingerprint density at radius 2 is 2.00 bits per heavy atom. The maximum Gasteiger partial charge on any atom is 0.253 e. The third-order valence-corrected chi connectivity index (χ3v) is 3.59. The number of nitrogens with zero attached hydrogens (tertiary/aromatic N) is 1. The molecule has 1 atom stereocenters. The van der Waals surface area contributed by atoms with Crippen LogP contribution in [0.15, 0.2) is 18.2 Å². The zero-order valence-corrected chi connectivity index (χ0v) is 12.6. The Bertz CT molecular complexity index is 572. The van der Waals surface area contributed by atoms with Crippen LogP contribution in [0.5, 0.6) is 5.75 Å². The van der Waals surface area contributed by atoms with Crippen LogP contribution in [-0.2, 0) is 9.59 Å². The highest BCUT2D eigenvalue weighted by Crippen LogP contribution is 2.35. The van der Waals surface area contributed by atoms with E-state index in [9.17, 15) is 9.59 Å². The molecule has 0 saturated carbocycles. The van der Waals surface area contributed by atoms with Gasteiger partial charge in [0.2, 0.25) is 5.91 Å². The number of carbonyl (C=O) groups excluding carboxylic acids is 2. The number of nitrogens with one attached hydrogen (secondary N) is 1. The van der Waals surface area contributed by atoms with Crippen molar-refractivity contribution < 1.29 is 14.3 Å². The zero-order valence-electron chi connectivity index (χ0n) is 11.9. The van der Waals surface area contributed by atoms with Crippen molar-refractivity contribution in [2.75, 3.05) is 12.0 Å². The Morgan fingerprint density at radius 3 is 2.60 bits per heavy atom. The topological polar surface area (TPSA) is 58.6 Å². The van der Waals surface area contributed by atoms with Crippen LogP contribution < -0.4 is 15.0 Å². The predicted octanol–water partition coefficient (Wildman–Crippen LogP) is 1.98. The van der Waals surface area contributed by atoms with Gasteiger partial charge in [0.15, 0.2) is 0 Å². The number of amides is 2. The van der Waals surface area contributed by atoms with Gasteiger partial charge >= 0.3 is 0 Å². The van der Waals surface area contributed by atoms with E-state index < -0.39 is 11.6 Å². The first-order valence-electron chi connectivity index (χ1n) is 6.27. The minimum absolute atomic E-state index is 0.204. The molecule has 0 spiro atoms. The fourth-order valence-corrected chi connectivity index (χ4v) is 2.40. The van der Waals surface area contributed by atoms with E-state index in [2.05, 4.69) is 5.32 Å². The third-order valence-electron chi connectivity index (χ3n) is 3.36. The van der Waals surface area contributed by atoms with Crippen molar-refractivity contribution in [2.24, 2.45) is 0 Å². The van der Waals surface area contributed by atoms with Gasteiger partial charge in [-0.2, -0.15) is 0 Å². The molecule has 1 aromatic carbocycles. The molecular weight excluding hydrogens is 280 g/mol. The molecule has 6 heteroatoms. The molecule has 108 valence electrons. The standard InChI is InChI=1S/C14H17ClN2O3/c1-8-12(18)16-14(2,3)13(19)17(8)10-7-9(15)5-6-11(10)20-4/h5-8H,1-4H3,(H,16,18). The monoisotopic (exact) mass is 296 g/mol. The molecule has 2 amide bonds. The van der Waals surface area contributed by atoms with Gasteiger partial charge in [-0.05, 0) is 39.0 Å². The zero-order chi connectivity index (χ0) is 15.1. The largest absolute Gasteiger partial charge is 0.495 e. The summed E-state index contributed by atoms with van der Waals surface area (Å²) in [6, 6.07) is 4.36. The number of carbonyl (C=O) groups is 2. The molecule has 1 aromatic rings. The van der Waals surface area contributed by atoms with Crippen LogP contribution >= 0.6 is 11.6 Å². The molecule has 1 aliphatic heterocycles. The molecule has 1 unspecified atom stereocenters. The van der Waals surface area contributed by atoms with Crippen molar-refractivity contribution in [3.05, 3.63) is 23.2 Å². The molecule has 5 nitrogen and oxygen atoms in total. The van der Waals surface area contributed by atoms with Crippen LogP contribution in [-0.4, -0.2) is 30.5 Å². The van der Waals surface area contributed by atoms with Crippen molar-refractivity contribution >= 4 is 29.1 Å². The lowest BCUT2D eigenvalue weighted by atomic mass is 9.96. The maximum absolute atomic E-state index is 12.6. The molecule has 1 N–H and O–H groups in total. The lowest BCUT2D eigenvalue weighted by Crippen LogP contribution is -2.67. The van der Waals surface area contributed by atoms with Crippen LogP contribution in [0.1, 0.15) is 20.8 Å². The van der Waals surface area contributed by atoms with Gasteiger partial charge in [0, 0.05) is 5.02 Å². The van der Waals surface area contributed by atoms with Crippen molar-refractivity contribution in [1.29, 1.82) is 0 Å². The number of anilines is 1. The number of methoxy groups -OCH3 is 1. The average Bonchev–Trinajstić information content (AvgIpc) is 2.37.